The average molecular weight is 290 g/mol. The van der Waals surface area contributed by atoms with Crippen molar-refractivity contribution in [3.63, 3.8) is 0 Å². The van der Waals surface area contributed by atoms with E-state index in [0.717, 1.165) is 9.98 Å². The smallest absolute Gasteiger partial charge is 0.238 e. The Labute approximate surface area is 120 Å². The van der Waals surface area contributed by atoms with E-state index in [2.05, 4.69) is 20.8 Å². The van der Waals surface area contributed by atoms with Crippen LogP contribution in [0.5, 0.6) is 0 Å². The fourth-order valence-electron chi connectivity index (χ4n) is 1.30. The molecular weight excluding hydrogens is 269 g/mol. The Morgan fingerprint density at radius 1 is 1.22 bits per heavy atom. The first-order chi connectivity index (χ1) is 8.23. The molecule has 1 rings (SSSR count). The fraction of sp³-hybridized carbons (Fsp3) is 0.500. The van der Waals surface area contributed by atoms with Crippen molar-refractivity contribution in [3.8, 4) is 0 Å². The molecule has 0 heterocycles. The molecule has 0 aliphatic heterocycles. The van der Waals surface area contributed by atoms with E-state index in [4.69, 9.17) is 23.4 Å². The lowest BCUT2D eigenvalue weighted by Crippen LogP contribution is -2.17. The molecule has 0 aliphatic rings. The van der Waals surface area contributed by atoms with E-state index in [9.17, 15) is 4.79 Å². The SMILES string of the molecule is CC.CC(=O)N(Cl)c1ccc(C(C)(C)C)cc1Cl. The van der Waals surface area contributed by atoms with E-state index < -0.39 is 0 Å². The van der Waals surface area contributed by atoms with Gasteiger partial charge in [0.2, 0.25) is 5.91 Å². The van der Waals surface area contributed by atoms with Crippen LogP contribution in [-0.4, -0.2) is 5.91 Å². The van der Waals surface area contributed by atoms with E-state index in [-0.39, 0.29) is 11.3 Å². The van der Waals surface area contributed by atoms with Crippen LogP contribution in [0, 0.1) is 0 Å². The molecule has 1 aromatic rings. The van der Waals surface area contributed by atoms with Gasteiger partial charge in [0.1, 0.15) is 0 Å². The number of amides is 1. The normalized spacial score (nSPS) is 10.4. The van der Waals surface area contributed by atoms with Gasteiger partial charge in [-0.2, -0.15) is 0 Å². The summed E-state index contributed by atoms with van der Waals surface area (Å²) in [5, 5.41) is 0.484. The summed E-state index contributed by atoms with van der Waals surface area (Å²) >= 11 is 11.9. The summed E-state index contributed by atoms with van der Waals surface area (Å²) in [5.41, 5.74) is 1.65. The fourth-order valence-corrected chi connectivity index (χ4v) is 1.76. The van der Waals surface area contributed by atoms with Crippen LogP contribution in [0.15, 0.2) is 18.2 Å². The topological polar surface area (TPSA) is 20.3 Å². The Morgan fingerprint density at radius 2 is 1.72 bits per heavy atom. The van der Waals surface area contributed by atoms with Crippen molar-refractivity contribution >= 4 is 35.0 Å². The monoisotopic (exact) mass is 289 g/mol. The standard InChI is InChI=1S/C12H15Cl2NO.C2H6/c1-8(16)15(14)11-6-5-9(7-10(11)13)12(2,3)4;1-2/h5-7H,1-4H3;1-2H3. The summed E-state index contributed by atoms with van der Waals surface area (Å²) in [6, 6.07) is 5.53. The van der Waals surface area contributed by atoms with Gasteiger partial charge in [0, 0.05) is 18.7 Å². The van der Waals surface area contributed by atoms with E-state index in [1.54, 1.807) is 6.07 Å². The van der Waals surface area contributed by atoms with Crippen molar-refractivity contribution in [2.75, 3.05) is 4.42 Å². The minimum absolute atomic E-state index is 0.0233. The summed E-state index contributed by atoms with van der Waals surface area (Å²) in [6.07, 6.45) is 0. The third-order valence-electron chi connectivity index (χ3n) is 2.30. The Hall–Kier alpha value is -0.730. The molecule has 0 fully saturated rings. The summed E-state index contributed by atoms with van der Waals surface area (Å²) in [6.45, 7) is 11.7. The molecule has 102 valence electrons. The molecule has 0 aliphatic carbocycles. The lowest BCUT2D eigenvalue weighted by Gasteiger charge is -2.21. The molecule has 0 spiro atoms. The highest BCUT2D eigenvalue weighted by Gasteiger charge is 2.17. The molecule has 0 radical (unpaired) electrons. The van der Waals surface area contributed by atoms with Gasteiger partial charge in [0.25, 0.3) is 0 Å². The summed E-state index contributed by atoms with van der Waals surface area (Å²) in [7, 11) is 0. The van der Waals surface area contributed by atoms with Gasteiger partial charge >= 0.3 is 0 Å². The van der Waals surface area contributed by atoms with Crippen molar-refractivity contribution in [2.45, 2.75) is 47.0 Å². The van der Waals surface area contributed by atoms with E-state index in [1.807, 2.05) is 26.0 Å². The number of benzene rings is 1. The predicted molar refractivity (Wildman–Crippen MR) is 80.5 cm³/mol. The average Bonchev–Trinajstić information content (AvgIpc) is 2.29. The maximum Gasteiger partial charge on any atom is 0.238 e. The second-order valence-corrected chi connectivity index (χ2v) is 5.46. The molecule has 0 aromatic heterocycles. The van der Waals surface area contributed by atoms with Gasteiger partial charge in [-0.05, 0) is 23.1 Å². The Bertz CT molecular complexity index is 411. The molecule has 0 atom stereocenters. The molecule has 0 saturated carbocycles. The second kappa shape index (κ2) is 7.01. The van der Waals surface area contributed by atoms with E-state index in [1.165, 1.54) is 6.92 Å². The molecule has 18 heavy (non-hydrogen) atoms. The third-order valence-corrected chi connectivity index (χ3v) is 3.02. The zero-order valence-electron chi connectivity index (χ0n) is 11.8. The zero-order valence-corrected chi connectivity index (χ0v) is 13.4. The number of nitrogens with zero attached hydrogens (tertiary/aromatic N) is 1. The maximum absolute atomic E-state index is 11.1. The molecule has 0 N–H and O–H groups in total. The minimum Gasteiger partial charge on any atom is -0.274 e. The number of rotatable bonds is 1. The van der Waals surface area contributed by atoms with Gasteiger partial charge < -0.3 is 0 Å². The molecule has 2 nitrogen and oxygen atoms in total. The van der Waals surface area contributed by atoms with E-state index in [0.29, 0.717) is 10.7 Å². The number of hydrogen-bond donors (Lipinski definition) is 0. The van der Waals surface area contributed by atoms with Crippen LogP contribution in [0.3, 0.4) is 0 Å². The second-order valence-electron chi connectivity index (χ2n) is 4.72. The Morgan fingerprint density at radius 3 is 2.06 bits per heavy atom. The van der Waals surface area contributed by atoms with Gasteiger partial charge in [0.15, 0.2) is 0 Å². The molecule has 4 heteroatoms. The zero-order chi connectivity index (χ0) is 14.5. The number of halogens is 2. The van der Waals surface area contributed by atoms with Gasteiger partial charge in [-0.15, -0.1) is 0 Å². The Kier molecular flexibility index (Phi) is 6.72. The molecule has 1 amide bonds. The highest BCUT2D eigenvalue weighted by atomic mass is 35.5. The Balaban J connectivity index is 0.00000137. The molecule has 0 bridgehead atoms. The van der Waals surface area contributed by atoms with Crippen LogP contribution in [-0.2, 0) is 10.2 Å². The quantitative estimate of drug-likeness (QED) is 0.653. The first-order valence-electron chi connectivity index (χ1n) is 6.00. The molecule has 1 aromatic carbocycles. The summed E-state index contributed by atoms with van der Waals surface area (Å²) in [5.74, 6) is -0.257. The van der Waals surface area contributed by atoms with Crippen LogP contribution >= 0.6 is 23.4 Å². The summed E-state index contributed by atoms with van der Waals surface area (Å²) in [4.78, 5) is 11.1. The molecule has 0 unspecified atom stereocenters. The van der Waals surface area contributed by atoms with Gasteiger partial charge in [-0.25, -0.2) is 4.42 Å². The lowest BCUT2D eigenvalue weighted by atomic mass is 9.87. The van der Waals surface area contributed by atoms with Gasteiger partial charge in [-0.3, -0.25) is 4.79 Å². The van der Waals surface area contributed by atoms with Crippen molar-refractivity contribution < 1.29 is 4.79 Å². The predicted octanol–water partition coefficient (Wildman–Crippen LogP) is 5.17. The first-order valence-corrected chi connectivity index (χ1v) is 6.71. The van der Waals surface area contributed by atoms with Crippen molar-refractivity contribution in [1.29, 1.82) is 0 Å². The first kappa shape index (κ1) is 17.3. The van der Waals surface area contributed by atoms with Crippen LogP contribution in [0.2, 0.25) is 5.02 Å². The van der Waals surface area contributed by atoms with Crippen molar-refractivity contribution in [1.82, 2.24) is 0 Å². The number of anilines is 1. The number of carbonyl (C=O) groups excluding carboxylic acids is 1. The lowest BCUT2D eigenvalue weighted by molar-refractivity contribution is -0.115. The van der Waals surface area contributed by atoms with Crippen LogP contribution in [0.25, 0.3) is 0 Å². The van der Waals surface area contributed by atoms with Gasteiger partial charge in [-0.1, -0.05) is 52.3 Å². The van der Waals surface area contributed by atoms with Crippen LogP contribution in [0.1, 0.15) is 47.1 Å². The maximum atomic E-state index is 11.1. The van der Waals surface area contributed by atoms with Gasteiger partial charge in [0.05, 0.1) is 10.7 Å². The number of carbonyl (C=O) groups is 1. The molecular formula is C14H21Cl2NO. The largest absolute Gasteiger partial charge is 0.274 e. The molecule has 0 saturated heterocycles. The highest BCUT2D eigenvalue weighted by Crippen LogP contribution is 2.32. The summed E-state index contributed by atoms with van der Waals surface area (Å²) < 4.78 is 1.02. The van der Waals surface area contributed by atoms with Crippen LogP contribution in [0.4, 0.5) is 5.69 Å². The van der Waals surface area contributed by atoms with Crippen molar-refractivity contribution in [2.24, 2.45) is 0 Å². The van der Waals surface area contributed by atoms with Crippen LogP contribution < -0.4 is 4.42 Å². The third kappa shape index (κ3) is 4.51. The van der Waals surface area contributed by atoms with Crippen molar-refractivity contribution in [3.05, 3.63) is 28.8 Å². The highest BCUT2D eigenvalue weighted by molar-refractivity contribution is 6.41. The minimum atomic E-state index is -0.257. The number of hydrogen-bond acceptors (Lipinski definition) is 1. The van der Waals surface area contributed by atoms with E-state index >= 15 is 0 Å².